The van der Waals surface area contributed by atoms with Gasteiger partial charge in [0, 0.05) is 22.9 Å². The molecule has 1 unspecified atom stereocenters. The number of rotatable bonds is 5. The normalized spacial score (nSPS) is 16.4. The molecular weight excluding hydrogens is 428 g/mol. The van der Waals surface area contributed by atoms with Gasteiger partial charge in [0.25, 0.3) is 5.91 Å². The van der Waals surface area contributed by atoms with Gasteiger partial charge in [0.05, 0.1) is 17.7 Å². The Morgan fingerprint density at radius 1 is 1.17 bits per heavy atom. The van der Waals surface area contributed by atoms with Crippen LogP contribution in [-0.2, 0) is 26.9 Å². The van der Waals surface area contributed by atoms with E-state index in [0.29, 0.717) is 19.4 Å². The smallest absolute Gasteiger partial charge is 0.368 e. The van der Waals surface area contributed by atoms with Gasteiger partial charge in [-0.15, -0.1) is 0 Å². The van der Waals surface area contributed by atoms with Crippen LogP contribution in [-0.4, -0.2) is 24.5 Å². The molecule has 0 bridgehead atoms. The van der Waals surface area contributed by atoms with Gasteiger partial charge in [0.15, 0.2) is 0 Å². The van der Waals surface area contributed by atoms with Crippen LogP contribution in [0, 0.1) is 5.82 Å². The Labute approximate surface area is 174 Å². The summed E-state index contributed by atoms with van der Waals surface area (Å²) >= 11 is 5.85. The zero-order chi connectivity index (χ0) is 21.9. The van der Waals surface area contributed by atoms with Gasteiger partial charge in [0.2, 0.25) is 5.91 Å². The van der Waals surface area contributed by atoms with Crippen molar-refractivity contribution in [1.29, 1.82) is 0 Å². The largest absolute Gasteiger partial charge is 0.418 e. The number of carbonyl (C=O) groups excluding carboxylic acids is 2. The summed E-state index contributed by atoms with van der Waals surface area (Å²) < 4.78 is 59.5. The Morgan fingerprint density at radius 2 is 1.93 bits per heavy atom. The molecule has 1 atom stereocenters. The van der Waals surface area contributed by atoms with Gasteiger partial charge in [-0.3, -0.25) is 9.59 Å². The number of hydrogen-bond acceptors (Lipinski definition) is 3. The molecule has 1 aliphatic rings. The van der Waals surface area contributed by atoms with Crippen molar-refractivity contribution in [2.24, 2.45) is 0 Å². The molecule has 2 N–H and O–H groups in total. The fourth-order valence-corrected chi connectivity index (χ4v) is 3.26. The Hall–Kier alpha value is -2.65. The third-order valence-corrected chi connectivity index (χ3v) is 4.84. The summed E-state index contributed by atoms with van der Waals surface area (Å²) in [7, 11) is 0. The zero-order valence-electron chi connectivity index (χ0n) is 15.5. The second-order valence-electron chi connectivity index (χ2n) is 6.67. The van der Waals surface area contributed by atoms with Gasteiger partial charge in [-0.2, -0.15) is 13.2 Å². The molecule has 1 fully saturated rings. The van der Waals surface area contributed by atoms with E-state index in [1.165, 1.54) is 18.2 Å². The zero-order valence-corrected chi connectivity index (χ0v) is 16.2. The highest BCUT2D eigenvalue weighted by molar-refractivity contribution is 6.31. The van der Waals surface area contributed by atoms with Crippen molar-refractivity contribution in [3.63, 3.8) is 0 Å². The van der Waals surface area contributed by atoms with E-state index >= 15 is 0 Å². The molecular formula is C20H17ClF4N2O3. The molecule has 5 nitrogen and oxygen atoms in total. The molecule has 160 valence electrons. The van der Waals surface area contributed by atoms with Crippen LogP contribution >= 0.6 is 11.6 Å². The molecule has 3 rings (SSSR count). The van der Waals surface area contributed by atoms with Crippen LogP contribution in [0.2, 0.25) is 5.02 Å². The van der Waals surface area contributed by atoms with Gasteiger partial charge in [0.1, 0.15) is 11.9 Å². The summed E-state index contributed by atoms with van der Waals surface area (Å²) in [6, 6.07) is 6.80. The van der Waals surface area contributed by atoms with E-state index in [1.54, 1.807) is 0 Å². The maximum Gasteiger partial charge on any atom is 0.418 e. The molecule has 2 aromatic rings. The third-order valence-electron chi connectivity index (χ3n) is 4.49. The molecule has 0 radical (unpaired) electrons. The lowest BCUT2D eigenvalue weighted by Gasteiger charge is -2.17. The molecule has 30 heavy (non-hydrogen) atoms. The number of carbonyl (C=O) groups is 2. The van der Waals surface area contributed by atoms with E-state index in [4.69, 9.17) is 16.3 Å². The Kier molecular flexibility index (Phi) is 6.62. The van der Waals surface area contributed by atoms with Crippen molar-refractivity contribution in [3.05, 3.63) is 58.4 Å². The van der Waals surface area contributed by atoms with E-state index < -0.39 is 47.6 Å². The molecule has 1 heterocycles. The van der Waals surface area contributed by atoms with Crippen LogP contribution in [0.4, 0.5) is 28.9 Å². The number of amides is 2. The van der Waals surface area contributed by atoms with E-state index in [0.717, 1.165) is 18.2 Å². The maximum atomic E-state index is 13.8. The minimum atomic E-state index is -4.80. The second-order valence-corrected chi connectivity index (χ2v) is 7.08. The van der Waals surface area contributed by atoms with Crippen molar-refractivity contribution < 1.29 is 31.9 Å². The first kappa shape index (κ1) is 22.0. The highest BCUT2D eigenvalue weighted by Gasteiger charge is 2.35. The Balaban J connectivity index is 1.78. The SMILES string of the molecule is O=C(Cc1c(F)cccc1Cl)Nc1ccc(NC(=O)C2CCCO2)cc1C(F)(F)F. The average molecular weight is 445 g/mol. The lowest BCUT2D eigenvalue weighted by atomic mass is 10.1. The summed E-state index contributed by atoms with van der Waals surface area (Å²) in [5.41, 5.74) is -1.88. The number of hydrogen-bond donors (Lipinski definition) is 2. The predicted molar refractivity (Wildman–Crippen MR) is 103 cm³/mol. The second kappa shape index (κ2) is 9.01. The highest BCUT2D eigenvalue weighted by Crippen LogP contribution is 2.37. The predicted octanol–water partition coefficient (Wildman–Crippen LogP) is 4.80. The summed E-state index contributed by atoms with van der Waals surface area (Å²) in [5, 5.41) is 4.52. The maximum absolute atomic E-state index is 13.8. The van der Waals surface area contributed by atoms with Crippen LogP contribution in [0.3, 0.4) is 0 Å². The highest BCUT2D eigenvalue weighted by atomic mass is 35.5. The summed E-state index contributed by atoms with van der Waals surface area (Å²) in [5.74, 6) is -2.14. The monoisotopic (exact) mass is 444 g/mol. The number of halogens is 5. The number of alkyl halides is 3. The Morgan fingerprint density at radius 3 is 2.57 bits per heavy atom. The van der Waals surface area contributed by atoms with E-state index in [2.05, 4.69) is 10.6 Å². The minimum Gasteiger partial charge on any atom is -0.368 e. The fourth-order valence-electron chi connectivity index (χ4n) is 3.03. The first-order valence-corrected chi connectivity index (χ1v) is 9.39. The molecule has 1 saturated heterocycles. The number of anilines is 2. The van der Waals surface area contributed by atoms with Gasteiger partial charge in [-0.1, -0.05) is 17.7 Å². The quantitative estimate of drug-likeness (QED) is 0.651. The van der Waals surface area contributed by atoms with E-state index in [-0.39, 0.29) is 16.3 Å². The van der Waals surface area contributed by atoms with Gasteiger partial charge >= 0.3 is 6.18 Å². The molecule has 0 aliphatic carbocycles. The van der Waals surface area contributed by atoms with Crippen LogP contribution < -0.4 is 10.6 Å². The average Bonchev–Trinajstić information content (AvgIpc) is 3.20. The van der Waals surface area contributed by atoms with Crippen molar-refractivity contribution in [3.8, 4) is 0 Å². The van der Waals surface area contributed by atoms with Crippen molar-refractivity contribution in [2.45, 2.75) is 31.5 Å². The molecule has 0 spiro atoms. The number of nitrogens with one attached hydrogen (secondary N) is 2. The fraction of sp³-hybridized carbons (Fsp3) is 0.300. The van der Waals surface area contributed by atoms with Crippen molar-refractivity contribution in [1.82, 2.24) is 0 Å². The van der Waals surface area contributed by atoms with Gasteiger partial charge in [-0.05, 0) is 43.2 Å². The van der Waals surface area contributed by atoms with Crippen molar-refractivity contribution in [2.75, 3.05) is 17.2 Å². The molecule has 0 saturated carbocycles. The standard InChI is InChI=1S/C20H17ClF4N2O3/c21-14-3-1-4-15(22)12(14)10-18(28)27-16-7-6-11(9-13(16)20(23,24)25)26-19(29)17-5-2-8-30-17/h1,3-4,6-7,9,17H,2,5,8,10H2,(H,26,29)(H,27,28). The molecule has 10 heteroatoms. The molecule has 2 amide bonds. The van der Waals surface area contributed by atoms with Crippen LogP contribution in [0.15, 0.2) is 36.4 Å². The van der Waals surface area contributed by atoms with Crippen LogP contribution in [0.5, 0.6) is 0 Å². The number of ether oxygens (including phenoxy) is 1. The van der Waals surface area contributed by atoms with Gasteiger partial charge in [-0.25, -0.2) is 4.39 Å². The van der Waals surface area contributed by atoms with Crippen LogP contribution in [0.1, 0.15) is 24.0 Å². The number of benzene rings is 2. The topological polar surface area (TPSA) is 67.4 Å². The first-order chi connectivity index (χ1) is 14.1. The lowest BCUT2D eigenvalue weighted by Crippen LogP contribution is -2.27. The summed E-state index contributed by atoms with van der Waals surface area (Å²) in [4.78, 5) is 24.3. The van der Waals surface area contributed by atoms with E-state index in [1.807, 2.05) is 0 Å². The lowest BCUT2D eigenvalue weighted by molar-refractivity contribution is -0.137. The first-order valence-electron chi connectivity index (χ1n) is 9.01. The molecule has 2 aromatic carbocycles. The summed E-state index contributed by atoms with van der Waals surface area (Å²) in [6.07, 6.45) is -4.86. The molecule has 0 aromatic heterocycles. The minimum absolute atomic E-state index is 0.00612. The van der Waals surface area contributed by atoms with Gasteiger partial charge < -0.3 is 15.4 Å². The van der Waals surface area contributed by atoms with Crippen molar-refractivity contribution >= 4 is 34.8 Å². The van der Waals surface area contributed by atoms with E-state index in [9.17, 15) is 27.2 Å². The molecule has 1 aliphatic heterocycles. The summed E-state index contributed by atoms with van der Waals surface area (Å²) in [6.45, 7) is 0.420. The van der Waals surface area contributed by atoms with Crippen LogP contribution in [0.25, 0.3) is 0 Å². The third kappa shape index (κ3) is 5.28. The Bertz CT molecular complexity index is 939.